The number of anilines is 2. The number of carbonyl (C=O) groups is 2. The van der Waals surface area contributed by atoms with Crippen LogP contribution >= 0.6 is 15.9 Å². The lowest BCUT2D eigenvalue weighted by atomic mass is 9.93. The van der Waals surface area contributed by atoms with Crippen LogP contribution in [0.2, 0.25) is 0 Å². The molecule has 5 nitrogen and oxygen atoms in total. The Labute approximate surface area is 167 Å². The van der Waals surface area contributed by atoms with Crippen molar-refractivity contribution in [3.63, 3.8) is 0 Å². The Kier molecular flexibility index (Phi) is 5.37. The summed E-state index contributed by atoms with van der Waals surface area (Å²) in [5.41, 5.74) is 1.11. The van der Waals surface area contributed by atoms with Gasteiger partial charge >= 0.3 is 0 Å². The lowest BCUT2D eigenvalue weighted by Crippen LogP contribution is -2.42. The number of halogens is 1. The second kappa shape index (κ2) is 7.56. The number of benzene rings is 2. The highest BCUT2D eigenvalue weighted by atomic mass is 79.9. The Bertz CT molecular complexity index is 891. The Hall–Kier alpha value is -2.60. The molecule has 1 aliphatic heterocycles. The molecule has 1 aliphatic rings. The molecule has 1 N–H and O–H groups in total. The molecule has 27 heavy (non-hydrogen) atoms. The van der Waals surface area contributed by atoms with Gasteiger partial charge in [0.05, 0.1) is 11.1 Å². The first-order valence-corrected chi connectivity index (χ1v) is 9.38. The van der Waals surface area contributed by atoms with E-state index in [1.54, 1.807) is 41.3 Å². The van der Waals surface area contributed by atoms with Crippen molar-refractivity contribution in [3.8, 4) is 5.75 Å². The van der Waals surface area contributed by atoms with Gasteiger partial charge in [-0.25, -0.2) is 0 Å². The molecule has 0 atom stereocenters. The zero-order valence-corrected chi connectivity index (χ0v) is 16.9. The standard InChI is InChI=1S/C21H21BrN2O3/c1-4-11-24-17-12-16(23-19(25)14-5-7-15(22)8-6-14)9-10-18(17)27-13-21(2,3)20(24)26/h4-10,12H,1,11,13H2,2-3H3,(H,23,25). The summed E-state index contributed by atoms with van der Waals surface area (Å²) in [5, 5.41) is 2.87. The molecule has 0 saturated carbocycles. The Balaban J connectivity index is 1.92. The van der Waals surface area contributed by atoms with Crippen molar-refractivity contribution in [3.05, 3.63) is 65.2 Å². The van der Waals surface area contributed by atoms with Crippen molar-refractivity contribution in [1.29, 1.82) is 0 Å². The quantitative estimate of drug-likeness (QED) is 0.721. The second-order valence-corrected chi connectivity index (χ2v) is 7.94. The van der Waals surface area contributed by atoms with Crippen molar-refractivity contribution < 1.29 is 14.3 Å². The third-order valence-electron chi connectivity index (χ3n) is 4.34. The number of rotatable bonds is 4. The molecular weight excluding hydrogens is 408 g/mol. The van der Waals surface area contributed by atoms with E-state index in [9.17, 15) is 9.59 Å². The molecule has 0 aliphatic carbocycles. The number of nitrogens with one attached hydrogen (secondary N) is 1. The van der Waals surface area contributed by atoms with Gasteiger partial charge in [-0.1, -0.05) is 22.0 Å². The number of hydrogen-bond donors (Lipinski definition) is 1. The van der Waals surface area contributed by atoms with Crippen LogP contribution in [0.25, 0.3) is 0 Å². The Morgan fingerprint density at radius 1 is 1.30 bits per heavy atom. The van der Waals surface area contributed by atoms with Crippen LogP contribution in [-0.2, 0) is 4.79 Å². The van der Waals surface area contributed by atoms with Gasteiger partial charge in [0.1, 0.15) is 12.4 Å². The maximum atomic E-state index is 12.9. The van der Waals surface area contributed by atoms with E-state index in [4.69, 9.17) is 4.74 Å². The van der Waals surface area contributed by atoms with Gasteiger partial charge in [0.25, 0.3) is 5.91 Å². The molecule has 0 aromatic heterocycles. The summed E-state index contributed by atoms with van der Waals surface area (Å²) in [4.78, 5) is 27.0. The van der Waals surface area contributed by atoms with E-state index in [-0.39, 0.29) is 18.4 Å². The van der Waals surface area contributed by atoms with Crippen LogP contribution in [0.3, 0.4) is 0 Å². The summed E-state index contributed by atoms with van der Waals surface area (Å²) in [6, 6.07) is 12.4. The van der Waals surface area contributed by atoms with Gasteiger partial charge in [-0.15, -0.1) is 6.58 Å². The molecule has 2 aromatic rings. The highest BCUT2D eigenvalue weighted by molar-refractivity contribution is 9.10. The summed E-state index contributed by atoms with van der Waals surface area (Å²) < 4.78 is 6.76. The van der Waals surface area contributed by atoms with Gasteiger partial charge in [-0.3, -0.25) is 9.59 Å². The highest BCUT2D eigenvalue weighted by Gasteiger charge is 2.37. The second-order valence-electron chi connectivity index (χ2n) is 7.02. The zero-order chi connectivity index (χ0) is 19.6. The van der Waals surface area contributed by atoms with E-state index in [0.29, 0.717) is 29.2 Å². The van der Waals surface area contributed by atoms with Crippen molar-refractivity contribution in [1.82, 2.24) is 0 Å². The smallest absolute Gasteiger partial charge is 0.255 e. The lowest BCUT2D eigenvalue weighted by Gasteiger charge is -2.27. The summed E-state index contributed by atoms with van der Waals surface area (Å²) in [6.45, 7) is 8.11. The summed E-state index contributed by atoms with van der Waals surface area (Å²) in [5.74, 6) is 0.342. The maximum absolute atomic E-state index is 12.9. The zero-order valence-electron chi connectivity index (χ0n) is 15.3. The lowest BCUT2D eigenvalue weighted by molar-refractivity contribution is -0.127. The minimum absolute atomic E-state index is 0.0439. The molecule has 6 heteroatoms. The topological polar surface area (TPSA) is 58.6 Å². The van der Waals surface area contributed by atoms with E-state index < -0.39 is 5.41 Å². The van der Waals surface area contributed by atoms with Crippen molar-refractivity contribution in [2.24, 2.45) is 5.41 Å². The molecule has 0 saturated heterocycles. The van der Waals surface area contributed by atoms with Gasteiger partial charge in [0.2, 0.25) is 5.91 Å². The van der Waals surface area contributed by atoms with E-state index in [1.807, 2.05) is 26.0 Å². The fourth-order valence-corrected chi connectivity index (χ4v) is 3.10. The average molecular weight is 429 g/mol. The molecule has 0 fully saturated rings. The third-order valence-corrected chi connectivity index (χ3v) is 4.87. The van der Waals surface area contributed by atoms with Crippen LogP contribution < -0.4 is 15.0 Å². The summed E-state index contributed by atoms with van der Waals surface area (Å²) in [7, 11) is 0. The molecule has 0 radical (unpaired) electrons. The number of hydrogen-bond acceptors (Lipinski definition) is 3. The van der Waals surface area contributed by atoms with E-state index >= 15 is 0 Å². The predicted octanol–water partition coefficient (Wildman–Crippen LogP) is 4.64. The van der Waals surface area contributed by atoms with Crippen molar-refractivity contribution in [2.45, 2.75) is 13.8 Å². The van der Waals surface area contributed by atoms with E-state index in [2.05, 4.69) is 27.8 Å². The molecule has 2 aromatic carbocycles. The number of amides is 2. The first-order valence-electron chi connectivity index (χ1n) is 8.58. The Morgan fingerprint density at radius 2 is 2.00 bits per heavy atom. The molecule has 0 spiro atoms. The SMILES string of the molecule is C=CCN1C(=O)C(C)(C)COc2ccc(NC(=O)c3ccc(Br)cc3)cc21. The van der Waals surface area contributed by atoms with Crippen LogP contribution in [0.4, 0.5) is 11.4 Å². The van der Waals surface area contributed by atoms with Gasteiger partial charge in [0.15, 0.2) is 0 Å². The van der Waals surface area contributed by atoms with Crippen LogP contribution in [-0.4, -0.2) is 25.0 Å². The average Bonchev–Trinajstić information content (AvgIpc) is 2.73. The van der Waals surface area contributed by atoms with Crippen LogP contribution in [0, 0.1) is 5.41 Å². The first kappa shape index (κ1) is 19.2. The number of fused-ring (bicyclic) bond motifs is 1. The van der Waals surface area contributed by atoms with Crippen molar-refractivity contribution >= 4 is 39.1 Å². The molecule has 2 amide bonds. The fourth-order valence-electron chi connectivity index (χ4n) is 2.84. The third kappa shape index (κ3) is 4.06. The van der Waals surface area contributed by atoms with Crippen LogP contribution in [0.1, 0.15) is 24.2 Å². The molecule has 1 heterocycles. The molecule has 140 valence electrons. The molecular formula is C21H21BrN2O3. The normalized spacial score (nSPS) is 15.4. The van der Waals surface area contributed by atoms with E-state index in [0.717, 1.165) is 4.47 Å². The van der Waals surface area contributed by atoms with Gasteiger partial charge in [-0.2, -0.15) is 0 Å². The fraction of sp³-hybridized carbons (Fsp3) is 0.238. The molecule has 0 unspecified atom stereocenters. The number of ether oxygens (including phenoxy) is 1. The van der Waals surface area contributed by atoms with E-state index in [1.165, 1.54) is 0 Å². The molecule has 0 bridgehead atoms. The van der Waals surface area contributed by atoms with Gasteiger partial charge in [0, 0.05) is 22.3 Å². The number of nitrogens with zero attached hydrogens (tertiary/aromatic N) is 1. The van der Waals surface area contributed by atoms with Gasteiger partial charge in [-0.05, 0) is 56.3 Å². The summed E-state index contributed by atoms with van der Waals surface area (Å²) in [6.07, 6.45) is 1.68. The highest BCUT2D eigenvalue weighted by Crippen LogP contribution is 2.38. The Morgan fingerprint density at radius 3 is 2.67 bits per heavy atom. The molecule has 3 rings (SSSR count). The first-order chi connectivity index (χ1) is 12.8. The minimum Gasteiger partial charge on any atom is -0.490 e. The maximum Gasteiger partial charge on any atom is 0.255 e. The van der Waals surface area contributed by atoms with Crippen LogP contribution in [0.5, 0.6) is 5.75 Å². The predicted molar refractivity (Wildman–Crippen MR) is 110 cm³/mol. The minimum atomic E-state index is -0.650. The van der Waals surface area contributed by atoms with Gasteiger partial charge < -0.3 is 15.0 Å². The largest absolute Gasteiger partial charge is 0.490 e. The number of carbonyl (C=O) groups excluding carboxylic acids is 2. The summed E-state index contributed by atoms with van der Waals surface area (Å²) >= 11 is 3.35. The monoisotopic (exact) mass is 428 g/mol. The van der Waals surface area contributed by atoms with Crippen LogP contribution in [0.15, 0.2) is 59.6 Å². The van der Waals surface area contributed by atoms with Crippen molar-refractivity contribution in [2.75, 3.05) is 23.4 Å².